The molecule has 2 saturated heterocycles. The number of piperidine rings is 1. The molecule has 2 amide bonds. The molecule has 2 fully saturated rings. The number of halogens is 1. The van der Waals surface area contributed by atoms with Crippen molar-refractivity contribution in [2.45, 2.75) is 63.1 Å². The van der Waals surface area contributed by atoms with Crippen LogP contribution in [0.25, 0.3) is 0 Å². The number of nitrogens with one attached hydrogen (secondary N) is 2. The highest BCUT2D eigenvalue weighted by Crippen LogP contribution is 2.27. The van der Waals surface area contributed by atoms with Gasteiger partial charge in [0.1, 0.15) is 6.04 Å². The topological polar surface area (TPSA) is 98.8 Å². The Kier molecular flexibility index (Phi) is 7.06. The zero-order chi connectivity index (χ0) is 22.1. The van der Waals surface area contributed by atoms with Gasteiger partial charge in [0.15, 0.2) is 0 Å². The number of benzene rings is 1. The van der Waals surface area contributed by atoms with Crippen LogP contribution in [0.4, 0.5) is 5.69 Å². The zero-order valence-corrected chi connectivity index (χ0v) is 19.1. The summed E-state index contributed by atoms with van der Waals surface area (Å²) < 4.78 is 28.1. The van der Waals surface area contributed by atoms with E-state index >= 15 is 0 Å². The van der Waals surface area contributed by atoms with E-state index in [2.05, 4.69) is 28.8 Å². The van der Waals surface area contributed by atoms with Crippen LogP contribution in [-0.4, -0.2) is 67.8 Å². The van der Waals surface area contributed by atoms with E-state index in [9.17, 15) is 18.0 Å². The van der Waals surface area contributed by atoms with Crippen LogP contribution in [0.5, 0.6) is 0 Å². The molecule has 0 spiro atoms. The molecule has 0 aliphatic carbocycles. The van der Waals surface area contributed by atoms with Gasteiger partial charge in [-0.2, -0.15) is 4.72 Å². The lowest BCUT2D eigenvalue weighted by molar-refractivity contribution is -0.132. The molecule has 10 heteroatoms. The first-order valence-corrected chi connectivity index (χ1v) is 12.1. The van der Waals surface area contributed by atoms with Crippen molar-refractivity contribution in [1.82, 2.24) is 14.5 Å². The second-order valence-corrected chi connectivity index (χ2v) is 10.3. The highest BCUT2D eigenvalue weighted by molar-refractivity contribution is 7.89. The number of hydrogen-bond acceptors (Lipinski definition) is 5. The van der Waals surface area contributed by atoms with Gasteiger partial charge in [0.2, 0.25) is 21.8 Å². The first-order chi connectivity index (χ1) is 14.1. The van der Waals surface area contributed by atoms with Crippen molar-refractivity contribution in [3.05, 3.63) is 23.2 Å². The van der Waals surface area contributed by atoms with E-state index in [1.165, 1.54) is 25.1 Å². The minimum absolute atomic E-state index is 0.0434. The summed E-state index contributed by atoms with van der Waals surface area (Å²) >= 11 is 6.10. The van der Waals surface area contributed by atoms with Gasteiger partial charge in [-0.1, -0.05) is 11.6 Å². The van der Waals surface area contributed by atoms with Crippen molar-refractivity contribution in [2.75, 3.05) is 25.0 Å². The number of nitrogens with zero attached hydrogens (tertiary/aromatic N) is 2. The number of carbonyl (C=O) groups excluding carboxylic acids is 2. The van der Waals surface area contributed by atoms with Crippen LogP contribution in [0.2, 0.25) is 5.02 Å². The molecule has 1 unspecified atom stereocenters. The van der Waals surface area contributed by atoms with Gasteiger partial charge in [-0.25, -0.2) is 8.42 Å². The van der Waals surface area contributed by atoms with Crippen molar-refractivity contribution in [3.63, 3.8) is 0 Å². The normalized spacial score (nSPS) is 21.4. The molecule has 8 nitrogen and oxygen atoms in total. The van der Waals surface area contributed by atoms with Gasteiger partial charge in [0, 0.05) is 38.6 Å². The number of likely N-dealkylation sites (tertiary alicyclic amines) is 2. The Labute approximate surface area is 183 Å². The average Bonchev–Trinajstić information content (AvgIpc) is 3.03. The summed E-state index contributed by atoms with van der Waals surface area (Å²) in [4.78, 5) is 28.2. The maximum absolute atomic E-state index is 12.9. The van der Waals surface area contributed by atoms with Crippen LogP contribution in [0, 0.1) is 0 Å². The number of amides is 2. The third-order valence-electron chi connectivity index (χ3n) is 5.77. The monoisotopic (exact) mass is 456 g/mol. The predicted molar refractivity (Wildman–Crippen MR) is 116 cm³/mol. The highest BCUT2D eigenvalue weighted by Gasteiger charge is 2.39. The molecule has 0 aromatic heterocycles. The molecule has 2 N–H and O–H groups in total. The first-order valence-electron chi connectivity index (χ1n) is 10.2. The molecule has 2 aliphatic heterocycles. The van der Waals surface area contributed by atoms with E-state index in [0.29, 0.717) is 24.7 Å². The minimum atomic E-state index is -3.92. The van der Waals surface area contributed by atoms with Gasteiger partial charge in [0.05, 0.1) is 15.6 Å². The lowest BCUT2D eigenvalue weighted by atomic mass is 10.0. The molecule has 0 bridgehead atoms. The Balaban J connectivity index is 1.64. The lowest BCUT2D eigenvalue weighted by Gasteiger charge is -2.38. The predicted octanol–water partition coefficient (Wildman–Crippen LogP) is 2.05. The summed E-state index contributed by atoms with van der Waals surface area (Å²) in [6.07, 6.45) is 2.26. The minimum Gasteiger partial charge on any atom is -0.338 e. The summed E-state index contributed by atoms with van der Waals surface area (Å²) in [5, 5.41) is 2.65. The standard InChI is InChI=1S/C20H29ClN4O4S/c1-13(2)24-9-6-15(7-10-24)25-11-8-19(20(25)27)23-30(28,29)16-4-5-18(17(21)12-16)22-14(3)26/h4-5,12-13,15,19,23H,6-11H2,1-3H3,(H,22,26). The van der Waals surface area contributed by atoms with Gasteiger partial charge in [-0.15, -0.1) is 0 Å². The molecule has 1 aromatic rings. The SMILES string of the molecule is CC(=O)Nc1ccc(S(=O)(=O)NC2CCN(C3CCN(C(C)C)CC3)C2=O)cc1Cl. The van der Waals surface area contributed by atoms with Crippen molar-refractivity contribution in [3.8, 4) is 0 Å². The van der Waals surface area contributed by atoms with Crippen LogP contribution in [0.3, 0.4) is 0 Å². The summed E-state index contributed by atoms with van der Waals surface area (Å²) in [5.41, 5.74) is 0.332. The van der Waals surface area contributed by atoms with E-state index in [1.807, 2.05) is 4.90 Å². The maximum Gasteiger partial charge on any atom is 0.241 e. The Morgan fingerprint density at radius 2 is 1.83 bits per heavy atom. The van der Waals surface area contributed by atoms with Gasteiger partial charge in [-0.05, 0) is 51.3 Å². The van der Waals surface area contributed by atoms with Crippen molar-refractivity contribution in [2.24, 2.45) is 0 Å². The van der Waals surface area contributed by atoms with Crippen LogP contribution in [0.1, 0.15) is 40.0 Å². The molecule has 30 heavy (non-hydrogen) atoms. The number of hydrogen-bond donors (Lipinski definition) is 2. The summed E-state index contributed by atoms with van der Waals surface area (Å²) in [5.74, 6) is -0.468. The Hall–Kier alpha value is -1.68. The molecular formula is C20H29ClN4O4S. The number of anilines is 1. The third kappa shape index (κ3) is 5.14. The molecule has 2 aliphatic rings. The largest absolute Gasteiger partial charge is 0.338 e. The van der Waals surface area contributed by atoms with E-state index in [1.54, 1.807) is 0 Å². The Morgan fingerprint density at radius 3 is 2.40 bits per heavy atom. The summed E-state index contributed by atoms with van der Waals surface area (Å²) in [6, 6.07) is 3.94. The quantitative estimate of drug-likeness (QED) is 0.682. The maximum atomic E-state index is 12.9. The van der Waals surface area contributed by atoms with Gasteiger partial charge < -0.3 is 15.1 Å². The number of sulfonamides is 1. The van der Waals surface area contributed by atoms with E-state index in [-0.39, 0.29) is 27.8 Å². The van der Waals surface area contributed by atoms with E-state index < -0.39 is 16.1 Å². The summed E-state index contributed by atoms with van der Waals surface area (Å²) in [7, 11) is -3.92. The molecule has 0 radical (unpaired) electrons. The highest BCUT2D eigenvalue weighted by atomic mass is 35.5. The smallest absolute Gasteiger partial charge is 0.241 e. The van der Waals surface area contributed by atoms with Crippen LogP contribution in [-0.2, 0) is 19.6 Å². The second kappa shape index (κ2) is 9.21. The Bertz CT molecular complexity index is 913. The fraction of sp³-hybridized carbons (Fsp3) is 0.600. The molecule has 0 saturated carbocycles. The van der Waals surface area contributed by atoms with Crippen LogP contribution < -0.4 is 10.0 Å². The fourth-order valence-corrected chi connectivity index (χ4v) is 5.64. The lowest BCUT2D eigenvalue weighted by Crippen LogP contribution is -2.49. The number of rotatable bonds is 6. The second-order valence-electron chi connectivity index (χ2n) is 8.18. The molecule has 1 aromatic carbocycles. The molecular weight excluding hydrogens is 428 g/mol. The molecule has 166 valence electrons. The fourth-order valence-electron chi connectivity index (χ4n) is 4.10. The van der Waals surface area contributed by atoms with E-state index in [4.69, 9.17) is 11.6 Å². The number of carbonyl (C=O) groups is 2. The van der Waals surface area contributed by atoms with Crippen LogP contribution in [0.15, 0.2) is 23.1 Å². The zero-order valence-electron chi connectivity index (χ0n) is 17.5. The van der Waals surface area contributed by atoms with E-state index in [0.717, 1.165) is 25.9 Å². The molecule has 2 heterocycles. The van der Waals surface area contributed by atoms with Crippen molar-refractivity contribution >= 4 is 39.1 Å². The van der Waals surface area contributed by atoms with Crippen molar-refractivity contribution < 1.29 is 18.0 Å². The van der Waals surface area contributed by atoms with Gasteiger partial charge >= 0.3 is 0 Å². The summed E-state index contributed by atoms with van der Waals surface area (Å²) in [6.45, 7) is 8.12. The third-order valence-corrected chi connectivity index (χ3v) is 7.55. The molecule has 1 atom stereocenters. The molecule has 3 rings (SSSR count). The van der Waals surface area contributed by atoms with Gasteiger partial charge in [-0.3, -0.25) is 9.59 Å². The first kappa shape index (κ1) is 23.0. The van der Waals surface area contributed by atoms with Crippen LogP contribution >= 0.6 is 11.6 Å². The Morgan fingerprint density at radius 1 is 1.17 bits per heavy atom. The van der Waals surface area contributed by atoms with Gasteiger partial charge in [0.25, 0.3) is 0 Å². The van der Waals surface area contributed by atoms with Crippen molar-refractivity contribution in [1.29, 1.82) is 0 Å². The average molecular weight is 457 g/mol.